The van der Waals surface area contributed by atoms with Gasteiger partial charge in [-0.05, 0) is 32.1 Å². The fraction of sp³-hybridized carbons (Fsp3) is 0.500. The zero-order valence-electron chi connectivity index (χ0n) is 16.6. The monoisotopic (exact) mass is 403 g/mol. The summed E-state index contributed by atoms with van der Waals surface area (Å²) in [6, 6.07) is -0.190. The van der Waals surface area contributed by atoms with E-state index in [4.69, 9.17) is 9.15 Å². The van der Waals surface area contributed by atoms with Gasteiger partial charge in [-0.15, -0.1) is 11.3 Å². The highest BCUT2D eigenvalue weighted by Crippen LogP contribution is 2.30. The number of oxazole rings is 1. The van der Waals surface area contributed by atoms with Crippen LogP contribution in [0, 0.1) is 12.8 Å². The number of thiazole rings is 1. The molecule has 0 fully saturated rings. The van der Waals surface area contributed by atoms with Crippen molar-refractivity contribution in [2.24, 2.45) is 5.92 Å². The van der Waals surface area contributed by atoms with Gasteiger partial charge in [0.15, 0.2) is 5.69 Å². The van der Waals surface area contributed by atoms with Crippen molar-refractivity contribution < 1.29 is 18.7 Å². The molecule has 0 unspecified atom stereocenters. The summed E-state index contributed by atoms with van der Waals surface area (Å²) in [6.45, 7) is 5.75. The SMILES string of the molecule is COC(=O)c1nc(-c2csc([C@@H](NC(=O)CC3=CCCC3)C(C)C)n2)oc1C. The van der Waals surface area contributed by atoms with Crippen LogP contribution in [-0.2, 0) is 9.53 Å². The lowest BCUT2D eigenvalue weighted by Crippen LogP contribution is -2.31. The summed E-state index contributed by atoms with van der Waals surface area (Å²) < 4.78 is 10.3. The maximum absolute atomic E-state index is 12.5. The number of carbonyl (C=O) groups excluding carboxylic acids is 2. The third-order valence-corrected chi connectivity index (χ3v) is 5.62. The standard InChI is InChI=1S/C20H25N3O4S/c1-11(2)16(22-15(24)9-13-7-5-6-8-13)19-21-14(10-28-19)18-23-17(12(3)27-18)20(25)26-4/h7,10-11,16H,5-6,8-9H2,1-4H3,(H,22,24)/t16-/m0/s1. The zero-order chi connectivity index (χ0) is 20.3. The molecule has 0 saturated heterocycles. The Labute approximate surface area is 168 Å². The lowest BCUT2D eigenvalue weighted by atomic mass is 10.0. The summed E-state index contributed by atoms with van der Waals surface area (Å²) in [5, 5.41) is 5.72. The second-order valence-corrected chi connectivity index (χ2v) is 8.10. The van der Waals surface area contributed by atoms with E-state index in [0.29, 0.717) is 17.9 Å². The van der Waals surface area contributed by atoms with Gasteiger partial charge in [0.25, 0.3) is 0 Å². The van der Waals surface area contributed by atoms with Crippen molar-refractivity contribution in [2.75, 3.05) is 7.11 Å². The maximum Gasteiger partial charge on any atom is 0.360 e. The molecule has 0 radical (unpaired) electrons. The van der Waals surface area contributed by atoms with E-state index in [9.17, 15) is 9.59 Å². The van der Waals surface area contributed by atoms with E-state index in [2.05, 4.69) is 21.4 Å². The number of allylic oxidation sites excluding steroid dienone is 1. The van der Waals surface area contributed by atoms with Gasteiger partial charge < -0.3 is 14.5 Å². The molecule has 28 heavy (non-hydrogen) atoms. The first-order valence-electron chi connectivity index (χ1n) is 9.37. The Morgan fingerprint density at radius 1 is 1.36 bits per heavy atom. The molecule has 2 heterocycles. The Bertz CT molecular complexity index is 897. The van der Waals surface area contributed by atoms with Gasteiger partial charge in [0, 0.05) is 11.8 Å². The fourth-order valence-electron chi connectivity index (χ4n) is 3.16. The number of aromatic nitrogens is 2. The molecule has 1 aliphatic carbocycles. The molecule has 1 aliphatic rings. The Kier molecular flexibility index (Phi) is 6.28. The number of rotatable bonds is 7. The lowest BCUT2D eigenvalue weighted by Gasteiger charge is -2.20. The number of hydrogen-bond donors (Lipinski definition) is 1. The highest BCUT2D eigenvalue weighted by Gasteiger charge is 2.25. The second-order valence-electron chi connectivity index (χ2n) is 7.21. The summed E-state index contributed by atoms with van der Waals surface area (Å²) in [5.41, 5.74) is 1.90. The zero-order valence-corrected chi connectivity index (χ0v) is 17.4. The van der Waals surface area contributed by atoms with Crippen LogP contribution in [0.15, 0.2) is 21.4 Å². The van der Waals surface area contributed by atoms with Gasteiger partial charge in [-0.1, -0.05) is 25.5 Å². The number of nitrogens with one attached hydrogen (secondary N) is 1. The Morgan fingerprint density at radius 2 is 2.14 bits per heavy atom. The number of amides is 1. The molecular weight excluding hydrogens is 378 g/mol. The molecule has 0 aromatic carbocycles. The molecule has 150 valence electrons. The van der Waals surface area contributed by atoms with E-state index >= 15 is 0 Å². The molecule has 0 bridgehead atoms. The number of esters is 1. The van der Waals surface area contributed by atoms with Crippen LogP contribution in [0.25, 0.3) is 11.6 Å². The molecule has 7 nitrogen and oxygen atoms in total. The highest BCUT2D eigenvalue weighted by molar-refractivity contribution is 7.10. The minimum Gasteiger partial charge on any atom is -0.464 e. The predicted molar refractivity (Wildman–Crippen MR) is 106 cm³/mol. The summed E-state index contributed by atoms with van der Waals surface area (Å²) in [7, 11) is 1.30. The molecule has 0 saturated carbocycles. The van der Waals surface area contributed by atoms with E-state index in [1.54, 1.807) is 6.92 Å². The van der Waals surface area contributed by atoms with Gasteiger partial charge in [-0.3, -0.25) is 4.79 Å². The minimum atomic E-state index is -0.545. The first-order chi connectivity index (χ1) is 13.4. The molecule has 1 amide bonds. The molecule has 2 aromatic heterocycles. The van der Waals surface area contributed by atoms with E-state index in [1.165, 1.54) is 24.0 Å². The van der Waals surface area contributed by atoms with Gasteiger partial charge in [0.1, 0.15) is 16.5 Å². The van der Waals surface area contributed by atoms with E-state index < -0.39 is 5.97 Å². The van der Waals surface area contributed by atoms with Gasteiger partial charge in [0.2, 0.25) is 11.8 Å². The lowest BCUT2D eigenvalue weighted by molar-refractivity contribution is -0.121. The first kappa shape index (κ1) is 20.3. The van der Waals surface area contributed by atoms with Crippen molar-refractivity contribution in [1.82, 2.24) is 15.3 Å². The normalized spacial score (nSPS) is 14.8. The summed E-state index contributed by atoms with van der Waals surface area (Å²) in [6.07, 6.45) is 5.82. The maximum atomic E-state index is 12.5. The van der Waals surface area contributed by atoms with Crippen molar-refractivity contribution in [3.8, 4) is 11.6 Å². The fourth-order valence-corrected chi connectivity index (χ4v) is 4.18. The van der Waals surface area contributed by atoms with Crippen molar-refractivity contribution >= 4 is 23.2 Å². The molecule has 1 N–H and O–H groups in total. The van der Waals surface area contributed by atoms with Crippen molar-refractivity contribution in [2.45, 2.75) is 52.5 Å². The highest BCUT2D eigenvalue weighted by atomic mass is 32.1. The number of nitrogens with zero attached hydrogens (tertiary/aromatic N) is 2. The predicted octanol–water partition coefficient (Wildman–Crippen LogP) is 4.21. The molecule has 3 rings (SSSR count). The van der Waals surface area contributed by atoms with Crippen LogP contribution < -0.4 is 5.32 Å². The smallest absolute Gasteiger partial charge is 0.360 e. The molecule has 0 aliphatic heterocycles. The number of methoxy groups -OCH3 is 1. The van der Waals surface area contributed by atoms with E-state index in [0.717, 1.165) is 24.3 Å². The minimum absolute atomic E-state index is 0.0172. The Hall–Kier alpha value is -2.48. The van der Waals surface area contributed by atoms with Gasteiger partial charge >= 0.3 is 5.97 Å². The molecular formula is C20H25N3O4S. The average Bonchev–Trinajstić information content (AvgIpc) is 3.39. The van der Waals surface area contributed by atoms with E-state index in [1.807, 2.05) is 19.2 Å². The summed E-state index contributed by atoms with van der Waals surface area (Å²) >= 11 is 1.44. The van der Waals surface area contributed by atoms with Crippen molar-refractivity contribution in [1.29, 1.82) is 0 Å². The number of hydrogen-bond acceptors (Lipinski definition) is 7. The van der Waals surface area contributed by atoms with Crippen LogP contribution in [0.4, 0.5) is 0 Å². The van der Waals surface area contributed by atoms with Crippen LogP contribution in [0.2, 0.25) is 0 Å². The average molecular weight is 404 g/mol. The first-order valence-corrected chi connectivity index (χ1v) is 10.3. The van der Waals surface area contributed by atoms with Gasteiger partial charge in [0.05, 0.1) is 13.2 Å². The molecule has 8 heteroatoms. The molecule has 2 aromatic rings. The number of ether oxygens (including phenoxy) is 1. The number of aryl methyl sites for hydroxylation is 1. The third-order valence-electron chi connectivity index (χ3n) is 4.69. The summed E-state index contributed by atoms with van der Waals surface area (Å²) in [4.78, 5) is 33.0. The summed E-state index contributed by atoms with van der Waals surface area (Å²) in [5.74, 6) is 0.303. The second kappa shape index (κ2) is 8.68. The van der Waals surface area contributed by atoms with Gasteiger partial charge in [-0.2, -0.15) is 0 Å². The topological polar surface area (TPSA) is 94.3 Å². The van der Waals surface area contributed by atoms with Crippen molar-refractivity contribution in [3.63, 3.8) is 0 Å². The van der Waals surface area contributed by atoms with E-state index in [-0.39, 0.29) is 29.5 Å². The van der Waals surface area contributed by atoms with Gasteiger partial charge in [-0.25, -0.2) is 14.8 Å². The molecule has 1 atom stereocenters. The van der Waals surface area contributed by atoms with Crippen LogP contribution in [0.5, 0.6) is 0 Å². The van der Waals surface area contributed by atoms with Crippen LogP contribution in [0.1, 0.15) is 66.8 Å². The van der Waals surface area contributed by atoms with Crippen LogP contribution in [0.3, 0.4) is 0 Å². The molecule has 0 spiro atoms. The Balaban J connectivity index is 1.76. The third kappa shape index (κ3) is 4.49. The number of carbonyl (C=O) groups is 2. The largest absolute Gasteiger partial charge is 0.464 e. The van der Waals surface area contributed by atoms with Crippen molar-refractivity contribution in [3.05, 3.63) is 33.5 Å². The quantitative estimate of drug-likeness (QED) is 0.550. The Morgan fingerprint density at radius 3 is 2.79 bits per heavy atom. The van der Waals surface area contributed by atoms with Crippen LogP contribution in [-0.4, -0.2) is 29.0 Å². The van der Waals surface area contributed by atoms with Crippen LogP contribution >= 0.6 is 11.3 Å².